The molecule has 0 spiro atoms. The standard InChI is InChI=1S/C7H15NOS/c1-5(2)4-6(8-3)7(9)10/h5-6,8H,4H2,1-3H3,(H,9,10)/t6-/m0/s1. The van der Waals surface area contributed by atoms with Gasteiger partial charge in [0.15, 0.2) is 0 Å². The first-order valence-electron chi connectivity index (χ1n) is 3.48. The number of nitrogens with one attached hydrogen (secondary N) is 1. The minimum atomic E-state index is -0.0802. The quantitative estimate of drug-likeness (QED) is 0.604. The minimum Gasteiger partial charge on any atom is -0.310 e. The van der Waals surface area contributed by atoms with Crippen molar-refractivity contribution in [3.8, 4) is 0 Å². The fraction of sp³-hybridized carbons (Fsp3) is 0.857. The maximum atomic E-state index is 10.7. The highest BCUT2D eigenvalue weighted by atomic mass is 32.1. The van der Waals surface area contributed by atoms with E-state index < -0.39 is 0 Å². The Morgan fingerprint density at radius 3 is 2.20 bits per heavy atom. The van der Waals surface area contributed by atoms with Gasteiger partial charge in [-0.1, -0.05) is 13.8 Å². The van der Waals surface area contributed by atoms with Crippen LogP contribution in [0.1, 0.15) is 20.3 Å². The van der Waals surface area contributed by atoms with Gasteiger partial charge in [0, 0.05) is 0 Å². The van der Waals surface area contributed by atoms with Gasteiger partial charge in [0.25, 0.3) is 0 Å². The normalized spacial score (nSPS) is 13.7. The van der Waals surface area contributed by atoms with Crippen molar-refractivity contribution >= 4 is 17.7 Å². The summed E-state index contributed by atoms with van der Waals surface area (Å²) in [6, 6.07) is -0.0802. The lowest BCUT2D eigenvalue weighted by atomic mass is 10.1. The Labute approximate surface area is 67.8 Å². The molecule has 0 aromatic rings. The van der Waals surface area contributed by atoms with Crippen LogP contribution in [0.3, 0.4) is 0 Å². The highest BCUT2D eigenvalue weighted by Gasteiger charge is 2.13. The Morgan fingerprint density at radius 2 is 2.10 bits per heavy atom. The Balaban J connectivity index is 3.72. The van der Waals surface area contributed by atoms with Gasteiger partial charge in [-0.3, -0.25) is 4.79 Å². The predicted molar refractivity (Wildman–Crippen MR) is 46.3 cm³/mol. The maximum Gasteiger partial charge on any atom is 0.202 e. The van der Waals surface area contributed by atoms with E-state index in [1.54, 1.807) is 7.05 Å². The molecule has 0 aromatic carbocycles. The number of thiol groups is 1. The van der Waals surface area contributed by atoms with Crippen LogP contribution in [0.2, 0.25) is 0 Å². The number of carbonyl (C=O) groups is 1. The molecule has 0 saturated heterocycles. The third kappa shape index (κ3) is 3.90. The third-order valence-electron chi connectivity index (χ3n) is 1.35. The SMILES string of the molecule is CN[C@@H](CC(C)C)C(=O)S. The van der Waals surface area contributed by atoms with Gasteiger partial charge in [-0.25, -0.2) is 0 Å². The summed E-state index contributed by atoms with van der Waals surface area (Å²) in [5, 5.41) is 2.83. The van der Waals surface area contributed by atoms with Gasteiger partial charge in [-0.05, 0) is 19.4 Å². The van der Waals surface area contributed by atoms with Crippen LogP contribution in [0.25, 0.3) is 0 Å². The van der Waals surface area contributed by atoms with E-state index >= 15 is 0 Å². The molecule has 60 valence electrons. The van der Waals surface area contributed by atoms with E-state index in [2.05, 4.69) is 31.8 Å². The van der Waals surface area contributed by atoms with Gasteiger partial charge in [-0.2, -0.15) is 0 Å². The van der Waals surface area contributed by atoms with Crippen LogP contribution >= 0.6 is 12.6 Å². The van der Waals surface area contributed by atoms with Crippen molar-refractivity contribution in [1.29, 1.82) is 0 Å². The van der Waals surface area contributed by atoms with Gasteiger partial charge >= 0.3 is 0 Å². The van der Waals surface area contributed by atoms with Crippen LogP contribution in [0, 0.1) is 5.92 Å². The molecule has 2 nitrogen and oxygen atoms in total. The summed E-state index contributed by atoms with van der Waals surface area (Å²) in [7, 11) is 1.78. The maximum absolute atomic E-state index is 10.7. The number of likely N-dealkylation sites (N-methyl/N-ethyl adjacent to an activating group) is 1. The first-order chi connectivity index (χ1) is 4.57. The van der Waals surface area contributed by atoms with E-state index in [1.807, 2.05) is 0 Å². The Morgan fingerprint density at radius 1 is 1.60 bits per heavy atom. The number of hydrogen-bond acceptors (Lipinski definition) is 2. The Kier molecular flexibility index (Phi) is 4.73. The van der Waals surface area contributed by atoms with Crippen LogP contribution in [0.5, 0.6) is 0 Å². The topological polar surface area (TPSA) is 29.1 Å². The van der Waals surface area contributed by atoms with E-state index in [1.165, 1.54) is 0 Å². The molecule has 0 bridgehead atoms. The molecule has 1 N–H and O–H groups in total. The van der Waals surface area contributed by atoms with Gasteiger partial charge in [0.2, 0.25) is 5.12 Å². The van der Waals surface area contributed by atoms with Crippen molar-refractivity contribution in [3.63, 3.8) is 0 Å². The first-order valence-corrected chi connectivity index (χ1v) is 3.92. The number of hydrogen-bond donors (Lipinski definition) is 2. The molecule has 10 heavy (non-hydrogen) atoms. The largest absolute Gasteiger partial charge is 0.310 e. The van der Waals surface area contributed by atoms with Crippen LogP contribution < -0.4 is 5.32 Å². The summed E-state index contributed by atoms with van der Waals surface area (Å²) in [5.74, 6) is 0.536. The summed E-state index contributed by atoms with van der Waals surface area (Å²) in [6.07, 6.45) is 0.860. The molecule has 0 aliphatic rings. The highest BCUT2D eigenvalue weighted by molar-refractivity contribution is 7.96. The zero-order valence-electron chi connectivity index (χ0n) is 6.72. The third-order valence-corrected chi connectivity index (χ3v) is 1.67. The molecule has 0 rings (SSSR count). The molecular weight excluding hydrogens is 146 g/mol. The summed E-state index contributed by atoms with van der Waals surface area (Å²) in [4.78, 5) is 10.7. The molecule has 0 unspecified atom stereocenters. The fourth-order valence-corrected chi connectivity index (χ4v) is 1.05. The molecule has 0 radical (unpaired) electrons. The molecule has 0 heterocycles. The average molecular weight is 161 g/mol. The van der Waals surface area contributed by atoms with Crippen molar-refractivity contribution in [1.82, 2.24) is 5.32 Å². The van der Waals surface area contributed by atoms with Gasteiger partial charge in [0.1, 0.15) is 0 Å². The van der Waals surface area contributed by atoms with Gasteiger partial charge in [0.05, 0.1) is 6.04 Å². The molecule has 3 heteroatoms. The van der Waals surface area contributed by atoms with Gasteiger partial charge < -0.3 is 5.32 Å². The van der Waals surface area contributed by atoms with Crippen molar-refractivity contribution in [3.05, 3.63) is 0 Å². The summed E-state index contributed by atoms with van der Waals surface area (Å²) in [5.41, 5.74) is 0. The highest BCUT2D eigenvalue weighted by Crippen LogP contribution is 2.06. The van der Waals surface area contributed by atoms with Crippen molar-refractivity contribution < 1.29 is 4.79 Å². The van der Waals surface area contributed by atoms with E-state index in [0.717, 1.165) is 6.42 Å². The van der Waals surface area contributed by atoms with E-state index in [4.69, 9.17) is 0 Å². The average Bonchev–Trinajstić information content (AvgIpc) is 1.81. The second-order valence-electron chi connectivity index (χ2n) is 2.81. The lowest BCUT2D eigenvalue weighted by molar-refractivity contribution is -0.112. The van der Waals surface area contributed by atoms with Gasteiger partial charge in [-0.15, -0.1) is 12.6 Å². The zero-order chi connectivity index (χ0) is 8.15. The number of carbonyl (C=O) groups excluding carboxylic acids is 1. The second kappa shape index (κ2) is 4.74. The van der Waals surface area contributed by atoms with Crippen LogP contribution in [-0.2, 0) is 4.79 Å². The lowest BCUT2D eigenvalue weighted by Crippen LogP contribution is -2.32. The smallest absolute Gasteiger partial charge is 0.202 e. The van der Waals surface area contributed by atoms with Crippen molar-refractivity contribution in [2.24, 2.45) is 5.92 Å². The summed E-state index contributed by atoms with van der Waals surface area (Å²) >= 11 is 3.75. The fourth-order valence-electron chi connectivity index (χ4n) is 0.814. The van der Waals surface area contributed by atoms with E-state index in [-0.39, 0.29) is 11.2 Å². The van der Waals surface area contributed by atoms with Crippen molar-refractivity contribution in [2.45, 2.75) is 26.3 Å². The monoisotopic (exact) mass is 161 g/mol. The lowest BCUT2D eigenvalue weighted by Gasteiger charge is -2.13. The zero-order valence-corrected chi connectivity index (χ0v) is 7.61. The molecule has 0 aliphatic heterocycles. The molecule has 0 saturated carbocycles. The van der Waals surface area contributed by atoms with E-state index in [0.29, 0.717) is 5.92 Å². The summed E-state index contributed by atoms with van der Waals surface area (Å²) in [6.45, 7) is 4.17. The Bertz CT molecular complexity index is 114. The predicted octanol–water partition coefficient (Wildman–Crippen LogP) is 1.08. The van der Waals surface area contributed by atoms with E-state index in [9.17, 15) is 4.79 Å². The number of rotatable bonds is 4. The minimum absolute atomic E-state index is 0.0730. The molecule has 0 amide bonds. The first kappa shape index (κ1) is 9.98. The molecule has 1 atom stereocenters. The molecular formula is C7H15NOS. The van der Waals surface area contributed by atoms with Crippen molar-refractivity contribution in [2.75, 3.05) is 7.05 Å². The second-order valence-corrected chi connectivity index (χ2v) is 3.25. The van der Waals surface area contributed by atoms with Crippen LogP contribution in [0.15, 0.2) is 0 Å². The summed E-state index contributed by atoms with van der Waals surface area (Å²) < 4.78 is 0. The molecule has 0 aromatic heterocycles. The molecule has 0 aliphatic carbocycles. The molecule has 0 fully saturated rings. The Hall–Kier alpha value is -0.0200. The van der Waals surface area contributed by atoms with Crippen LogP contribution in [-0.4, -0.2) is 18.2 Å². The van der Waals surface area contributed by atoms with Crippen LogP contribution in [0.4, 0.5) is 0 Å².